The highest BCUT2D eigenvalue weighted by Gasteiger charge is 2.47. The summed E-state index contributed by atoms with van der Waals surface area (Å²) < 4.78 is 0. The van der Waals surface area contributed by atoms with E-state index in [-0.39, 0.29) is 34.5 Å². The van der Waals surface area contributed by atoms with Crippen LogP contribution in [0.2, 0.25) is 0 Å². The smallest absolute Gasteiger partial charge is 0.264 e. The van der Waals surface area contributed by atoms with E-state index in [0.29, 0.717) is 11.5 Å². The number of nitrogens with one attached hydrogen (secondary N) is 1. The molecule has 2 aromatic rings. The molecule has 2 aliphatic rings. The summed E-state index contributed by atoms with van der Waals surface area (Å²) in [6.07, 6.45) is 1.91. The van der Waals surface area contributed by atoms with Gasteiger partial charge in [-0.25, -0.2) is 4.98 Å². The molecule has 0 aliphatic carbocycles. The van der Waals surface area contributed by atoms with Crippen LogP contribution in [0, 0.1) is 6.92 Å². The Balaban J connectivity index is 1.76. The van der Waals surface area contributed by atoms with Crippen molar-refractivity contribution < 1.29 is 4.79 Å². The van der Waals surface area contributed by atoms with E-state index in [0.717, 1.165) is 12.8 Å². The zero-order chi connectivity index (χ0) is 17.9. The van der Waals surface area contributed by atoms with Gasteiger partial charge in [-0.2, -0.15) is 0 Å². The Morgan fingerprint density at radius 2 is 1.72 bits per heavy atom. The molecule has 2 bridgehead atoms. The van der Waals surface area contributed by atoms with Crippen LogP contribution in [-0.2, 0) is 5.41 Å². The molecule has 0 radical (unpaired) electrons. The normalized spacial score (nSPS) is 21.5. The van der Waals surface area contributed by atoms with Gasteiger partial charge in [0.15, 0.2) is 0 Å². The molecule has 0 saturated carbocycles. The summed E-state index contributed by atoms with van der Waals surface area (Å²) in [5.41, 5.74) is 2.53. The Labute approximate surface area is 147 Å². The lowest BCUT2D eigenvalue weighted by molar-refractivity contribution is 0.0693. The maximum atomic E-state index is 13.2. The molecule has 0 unspecified atom stereocenters. The predicted molar refractivity (Wildman–Crippen MR) is 95.6 cm³/mol. The minimum Gasteiger partial charge on any atom is -0.324 e. The SMILES string of the molecule is Cc1nc(C(C)(C)C)[nH]c(=O)c1C(=O)N1[C@H]2CC[C@H]1c1ccccc12. The van der Waals surface area contributed by atoms with E-state index >= 15 is 0 Å². The maximum Gasteiger partial charge on any atom is 0.264 e. The second-order valence-electron chi connectivity index (χ2n) is 8.08. The molecule has 25 heavy (non-hydrogen) atoms. The Morgan fingerprint density at radius 1 is 1.16 bits per heavy atom. The Morgan fingerprint density at radius 3 is 2.20 bits per heavy atom. The third-order valence-electron chi connectivity index (χ3n) is 5.36. The number of hydrogen-bond acceptors (Lipinski definition) is 3. The Bertz CT molecular complexity index is 892. The Hall–Kier alpha value is -2.43. The number of aromatic amines is 1. The molecular weight excluding hydrogens is 314 g/mol. The first-order chi connectivity index (χ1) is 11.8. The molecule has 5 heteroatoms. The number of rotatable bonds is 1. The molecule has 1 aromatic carbocycles. The van der Waals surface area contributed by atoms with Gasteiger partial charge in [0.1, 0.15) is 11.4 Å². The number of aromatic nitrogens is 2. The molecule has 2 atom stereocenters. The highest BCUT2D eigenvalue weighted by atomic mass is 16.2. The molecule has 1 saturated heterocycles. The zero-order valence-corrected chi connectivity index (χ0v) is 15.1. The second-order valence-corrected chi connectivity index (χ2v) is 8.08. The van der Waals surface area contributed by atoms with E-state index in [2.05, 4.69) is 22.1 Å². The van der Waals surface area contributed by atoms with Gasteiger partial charge in [-0.15, -0.1) is 0 Å². The molecule has 3 heterocycles. The topological polar surface area (TPSA) is 66.1 Å². The number of benzene rings is 1. The van der Waals surface area contributed by atoms with Crippen LogP contribution in [-0.4, -0.2) is 20.8 Å². The summed E-state index contributed by atoms with van der Waals surface area (Å²) in [5.74, 6) is 0.412. The highest BCUT2D eigenvalue weighted by molar-refractivity contribution is 5.96. The van der Waals surface area contributed by atoms with Crippen molar-refractivity contribution in [3.8, 4) is 0 Å². The second kappa shape index (κ2) is 5.28. The fraction of sp³-hybridized carbons (Fsp3) is 0.450. The van der Waals surface area contributed by atoms with Gasteiger partial charge in [-0.1, -0.05) is 45.0 Å². The van der Waals surface area contributed by atoms with Crippen LogP contribution >= 0.6 is 0 Å². The molecule has 5 nitrogen and oxygen atoms in total. The number of carbonyl (C=O) groups is 1. The summed E-state index contributed by atoms with van der Waals surface area (Å²) >= 11 is 0. The quantitative estimate of drug-likeness (QED) is 0.867. The van der Waals surface area contributed by atoms with Gasteiger partial charge >= 0.3 is 0 Å². The number of carbonyl (C=O) groups excluding carboxylic acids is 1. The highest BCUT2D eigenvalue weighted by Crippen LogP contribution is 2.53. The molecule has 130 valence electrons. The van der Waals surface area contributed by atoms with Crippen LogP contribution in [0.15, 0.2) is 29.1 Å². The zero-order valence-electron chi connectivity index (χ0n) is 15.1. The maximum absolute atomic E-state index is 13.2. The van der Waals surface area contributed by atoms with Gasteiger partial charge in [-0.3, -0.25) is 9.59 Å². The van der Waals surface area contributed by atoms with Crippen molar-refractivity contribution in [2.75, 3.05) is 0 Å². The van der Waals surface area contributed by atoms with Crippen molar-refractivity contribution in [2.24, 2.45) is 0 Å². The van der Waals surface area contributed by atoms with Gasteiger partial charge in [0.25, 0.3) is 11.5 Å². The van der Waals surface area contributed by atoms with Crippen LogP contribution in [0.5, 0.6) is 0 Å². The lowest BCUT2D eigenvalue weighted by Crippen LogP contribution is -2.35. The summed E-state index contributed by atoms with van der Waals surface area (Å²) in [7, 11) is 0. The molecule has 1 aromatic heterocycles. The number of hydrogen-bond donors (Lipinski definition) is 1. The summed E-state index contributed by atoms with van der Waals surface area (Å²) in [6, 6.07) is 8.37. The standard InChI is InChI=1S/C20H23N3O2/c1-11-16(17(24)22-19(21-11)20(2,3)4)18(25)23-14-9-10-15(23)13-8-6-5-7-12(13)14/h5-8,14-15H,9-10H2,1-4H3,(H,21,22,24)/t14-,15-/m0/s1. The van der Waals surface area contributed by atoms with Crippen molar-refractivity contribution in [3.63, 3.8) is 0 Å². The number of aryl methyl sites for hydroxylation is 1. The third kappa shape index (κ3) is 2.33. The molecule has 2 aliphatic heterocycles. The van der Waals surface area contributed by atoms with Crippen LogP contribution < -0.4 is 5.56 Å². The number of H-pyrrole nitrogens is 1. The van der Waals surface area contributed by atoms with Crippen molar-refractivity contribution in [1.29, 1.82) is 0 Å². The number of amides is 1. The summed E-state index contributed by atoms with van der Waals surface area (Å²) in [5, 5.41) is 0. The minimum absolute atomic E-state index is 0.0785. The van der Waals surface area contributed by atoms with Gasteiger partial charge < -0.3 is 9.88 Å². The van der Waals surface area contributed by atoms with Crippen molar-refractivity contribution in [1.82, 2.24) is 14.9 Å². The number of fused-ring (bicyclic) bond motifs is 5. The van der Waals surface area contributed by atoms with Crippen LogP contribution in [0.4, 0.5) is 0 Å². The molecule has 0 spiro atoms. The largest absolute Gasteiger partial charge is 0.324 e. The lowest BCUT2D eigenvalue weighted by Gasteiger charge is -2.24. The first kappa shape index (κ1) is 16.1. The Kier molecular flexibility index (Phi) is 3.39. The van der Waals surface area contributed by atoms with E-state index in [1.807, 2.05) is 37.8 Å². The minimum atomic E-state index is -0.335. The van der Waals surface area contributed by atoms with E-state index < -0.39 is 0 Å². The number of nitrogens with zero attached hydrogens (tertiary/aromatic N) is 2. The summed E-state index contributed by atoms with van der Waals surface area (Å²) in [4.78, 5) is 35.1. The van der Waals surface area contributed by atoms with Gasteiger partial charge in [-0.05, 0) is 30.9 Å². The van der Waals surface area contributed by atoms with Crippen molar-refractivity contribution in [3.05, 3.63) is 62.8 Å². The van der Waals surface area contributed by atoms with Crippen LogP contribution in [0.1, 0.15) is 78.7 Å². The van der Waals surface area contributed by atoms with E-state index in [9.17, 15) is 9.59 Å². The molecular formula is C20H23N3O2. The van der Waals surface area contributed by atoms with Gasteiger partial charge in [0.05, 0.1) is 17.8 Å². The molecule has 1 amide bonds. The predicted octanol–water partition coefficient (Wildman–Crippen LogP) is 3.41. The summed E-state index contributed by atoms with van der Waals surface area (Å²) in [6.45, 7) is 7.72. The average molecular weight is 337 g/mol. The molecule has 1 fully saturated rings. The molecule has 4 rings (SSSR count). The van der Waals surface area contributed by atoms with Crippen molar-refractivity contribution >= 4 is 5.91 Å². The first-order valence-electron chi connectivity index (χ1n) is 8.82. The van der Waals surface area contributed by atoms with Crippen LogP contribution in [0.25, 0.3) is 0 Å². The van der Waals surface area contributed by atoms with Gasteiger partial charge in [0.2, 0.25) is 0 Å². The monoisotopic (exact) mass is 337 g/mol. The average Bonchev–Trinajstić information content (AvgIpc) is 3.10. The van der Waals surface area contributed by atoms with E-state index in [4.69, 9.17) is 0 Å². The lowest BCUT2D eigenvalue weighted by atomic mass is 9.92. The van der Waals surface area contributed by atoms with Gasteiger partial charge in [0, 0.05) is 5.41 Å². The first-order valence-corrected chi connectivity index (χ1v) is 8.82. The fourth-order valence-corrected chi connectivity index (χ4v) is 4.14. The van der Waals surface area contributed by atoms with Crippen LogP contribution in [0.3, 0.4) is 0 Å². The fourth-order valence-electron chi connectivity index (χ4n) is 4.14. The van der Waals surface area contributed by atoms with E-state index in [1.54, 1.807) is 6.92 Å². The third-order valence-corrected chi connectivity index (χ3v) is 5.36. The van der Waals surface area contributed by atoms with Crippen molar-refractivity contribution in [2.45, 2.75) is 58.0 Å². The molecule has 1 N–H and O–H groups in total. The van der Waals surface area contributed by atoms with E-state index in [1.165, 1.54) is 11.1 Å².